The van der Waals surface area contributed by atoms with Gasteiger partial charge in [0.1, 0.15) is 17.4 Å². The van der Waals surface area contributed by atoms with Gasteiger partial charge in [-0.2, -0.15) is 5.26 Å². The highest BCUT2D eigenvalue weighted by Crippen LogP contribution is 2.58. The van der Waals surface area contributed by atoms with Crippen LogP contribution < -0.4 is 24.7 Å². The monoisotopic (exact) mass is 474 g/mol. The molecule has 0 aromatic heterocycles. The van der Waals surface area contributed by atoms with E-state index < -0.39 is 5.92 Å². The first-order chi connectivity index (χ1) is 15.6. The first kappa shape index (κ1) is 23.1. The number of Topliss-reactive ketones (excluding diaryl/α,β-unsaturated/α-hetero) is 1. The maximum atomic E-state index is 13.5. The lowest BCUT2D eigenvalue weighted by Gasteiger charge is -2.38. The zero-order chi connectivity index (χ0) is 24.1. The number of halogens is 1. The Kier molecular flexibility index (Phi) is 5.87. The minimum Gasteiger partial charge on any atom is -0.492 e. The van der Waals surface area contributed by atoms with Crippen molar-refractivity contribution in [2.45, 2.75) is 51.3 Å². The molecule has 0 unspecified atom stereocenters. The number of rotatable bonds is 5. The molecule has 0 amide bonds. The summed E-state index contributed by atoms with van der Waals surface area (Å²) >= 11 is 6.43. The Morgan fingerprint density at radius 3 is 2.42 bits per heavy atom. The lowest BCUT2D eigenvalue weighted by Crippen LogP contribution is -2.34. The molecule has 9 heteroatoms. The molecule has 0 fully saturated rings. The van der Waals surface area contributed by atoms with Gasteiger partial charge in [-0.15, -0.1) is 11.6 Å². The van der Waals surface area contributed by atoms with Crippen molar-refractivity contribution < 1.29 is 28.5 Å². The predicted octanol–water partition coefficient (Wildman–Crippen LogP) is 4.05. The first-order valence-electron chi connectivity index (χ1n) is 10.7. The average molecular weight is 475 g/mol. The van der Waals surface area contributed by atoms with Crippen molar-refractivity contribution in [2.24, 2.45) is 11.1 Å². The fraction of sp³-hybridized carbons (Fsp3) is 0.500. The normalized spacial score (nSPS) is 21.8. The Morgan fingerprint density at radius 1 is 1.21 bits per heavy atom. The number of nitriles is 1. The van der Waals surface area contributed by atoms with E-state index >= 15 is 0 Å². The summed E-state index contributed by atoms with van der Waals surface area (Å²) in [5.74, 6) is 1.06. The molecule has 1 aromatic carbocycles. The molecule has 0 spiro atoms. The van der Waals surface area contributed by atoms with Crippen LogP contribution in [0.4, 0.5) is 0 Å². The smallest absolute Gasteiger partial charge is 0.231 e. The van der Waals surface area contributed by atoms with E-state index in [1.54, 1.807) is 0 Å². The van der Waals surface area contributed by atoms with E-state index in [1.807, 2.05) is 20.8 Å². The van der Waals surface area contributed by atoms with E-state index in [0.29, 0.717) is 64.7 Å². The van der Waals surface area contributed by atoms with Gasteiger partial charge in [0.25, 0.3) is 0 Å². The van der Waals surface area contributed by atoms with E-state index in [-0.39, 0.29) is 34.8 Å². The van der Waals surface area contributed by atoms with E-state index in [9.17, 15) is 10.1 Å². The van der Waals surface area contributed by atoms with Crippen molar-refractivity contribution in [2.75, 3.05) is 21.0 Å². The molecule has 0 radical (unpaired) electrons. The van der Waals surface area contributed by atoms with Gasteiger partial charge in [0, 0.05) is 34.9 Å². The molecule has 1 aromatic rings. The van der Waals surface area contributed by atoms with Crippen LogP contribution in [0.1, 0.15) is 50.7 Å². The highest BCUT2D eigenvalue weighted by Gasteiger charge is 2.46. The van der Waals surface area contributed by atoms with Crippen LogP contribution in [-0.2, 0) is 16.0 Å². The molecule has 176 valence electrons. The number of carbonyl (C=O) groups is 1. The van der Waals surface area contributed by atoms with Crippen LogP contribution in [0.15, 0.2) is 22.8 Å². The Hall–Kier alpha value is -3.05. The van der Waals surface area contributed by atoms with E-state index in [1.165, 1.54) is 14.2 Å². The van der Waals surface area contributed by atoms with Crippen LogP contribution in [0, 0.1) is 16.7 Å². The Morgan fingerprint density at radius 2 is 1.85 bits per heavy atom. The molecular formula is C24H27ClN2O6. The number of carbonyl (C=O) groups excluding carboxylic acids is 1. The van der Waals surface area contributed by atoms with Crippen LogP contribution in [0.25, 0.3) is 0 Å². The van der Waals surface area contributed by atoms with Crippen molar-refractivity contribution >= 4 is 17.4 Å². The standard InChI is InChI=1S/C24H27ClN2O6/c1-11(25)6-12-17(20(30-5)22-21(19(12)29-4)31-10-32-22)16-13(9-26)23(27)33-15-8-24(2,3)7-14(28)18(15)16/h11,16H,6-8,10,27H2,1-5H3/t11-,16-/m1/s1. The predicted molar refractivity (Wildman–Crippen MR) is 120 cm³/mol. The molecule has 2 aliphatic heterocycles. The largest absolute Gasteiger partial charge is 0.492 e. The summed E-state index contributed by atoms with van der Waals surface area (Å²) in [5, 5.41) is 9.78. The van der Waals surface area contributed by atoms with Crippen LogP contribution in [0.3, 0.4) is 0 Å². The van der Waals surface area contributed by atoms with Gasteiger partial charge in [-0.1, -0.05) is 13.8 Å². The SMILES string of the molecule is COc1c(C[C@@H](C)Cl)c([C@H]2C(C#N)=C(N)OC3=C2C(=O)CC(C)(C)C3)c(OC)c2c1OCO2. The molecule has 2 heterocycles. The van der Waals surface area contributed by atoms with Gasteiger partial charge in [0.2, 0.25) is 24.2 Å². The van der Waals surface area contributed by atoms with Gasteiger partial charge < -0.3 is 29.4 Å². The summed E-state index contributed by atoms with van der Waals surface area (Å²) in [6.07, 6.45) is 1.19. The van der Waals surface area contributed by atoms with Crippen molar-refractivity contribution in [3.05, 3.63) is 33.9 Å². The quantitative estimate of drug-likeness (QED) is 0.636. The lowest BCUT2D eigenvalue weighted by molar-refractivity contribution is -0.119. The minimum atomic E-state index is -0.814. The number of hydrogen-bond acceptors (Lipinski definition) is 8. The molecule has 0 saturated carbocycles. The van der Waals surface area contributed by atoms with Crippen LogP contribution in [-0.4, -0.2) is 32.2 Å². The molecule has 2 atom stereocenters. The zero-order valence-electron chi connectivity index (χ0n) is 19.3. The summed E-state index contributed by atoms with van der Waals surface area (Å²) in [7, 11) is 3.02. The Labute approximate surface area is 197 Å². The Bertz CT molecular complexity index is 1130. The Balaban J connectivity index is 2.09. The summed E-state index contributed by atoms with van der Waals surface area (Å²) < 4.78 is 28.8. The number of alkyl halides is 1. The second-order valence-corrected chi connectivity index (χ2v) is 9.96. The second kappa shape index (κ2) is 8.38. The highest BCUT2D eigenvalue weighted by molar-refractivity contribution is 6.20. The number of allylic oxidation sites excluding steroid dienone is 3. The number of hydrogen-bond donors (Lipinski definition) is 1. The first-order valence-corrected chi connectivity index (χ1v) is 11.1. The third-order valence-electron chi connectivity index (χ3n) is 6.13. The van der Waals surface area contributed by atoms with Gasteiger partial charge in [-0.25, -0.2) is 0 Å². The minimum absolute atomic E-state index is 0.0146. The van der Waals surface area contributed by atoms with E-state index in [2.05, 4.69) is 6.07 Å². The van der Waals surface area contributed by atoms with Crippen molar-refractivity contribution in [3.8, 4) is 29.1 Å². The molecule has 0 bridgehead atoms. The molecule has 0 saturated heterocycles. The molecule has 1 aliphatic carbocycles. The average Bonchev–Trinajstić information content (AvgIpc) is 3.19. The highest BCUT2D eigenvalue weighted by atomic mass is 35.5. The number of benzene rings is 1. The fourth-order valence-electron chi connectivity index (χ4n) is 4.92. The number of nitrogens with zero attached hydrogens (tertiary/aromatic N) is 1. The van der Waals surface area contributed by atoms with Crippen molar-refractivity contribution in [1.29, 1.82) is 5.26 Å². The molecule has 33 heavy (non-hydrogen) atoms. The molecular weight excluding hydrogens is 448 g/mol. The van der Waals surface area contributed by atoms with Crippen LogP contribution >= 0.6 is 11.6 Å². The molecule has 4 rings (SSSR count). The van der Waals surface area contributed by atoms with Gasteiger partial charge in [-0.3, -0.25) is 4.79 Å². The summed E-state index contributed by atoms with van der Waals surface area (Å²) in [4.78, 5) is 13.5. The molecule has 8 nitrogen and oxygen atoms in total. The number of ether oxygens (including phenoxy) is 5. The second-order valence-electron chi connectivity index (χ2n) is 9.21. The lowest BCUT2D eigenvalue weighted by atomic mass is 9.69. The summed E-state index contributed by atoms with van der Waals surface area (Å²) in [6, 6.07) is 2.16. The maximum absolute atomic E-state index is 13.5. The zero-order valence-corrected chi connectivity index (χ0v) is 20.1. The topological polar surface area (TPSA) is 113 Å². The molecule has 3 aliphatic rings. The number of nitrogens with two attached hydrogens (primary N) is 1. The van der Waals surface area contributed by atoms with Gasteiger partial charge >= 0.3 is 0 Å². The summed E-state index contributed by atoms with van der Waals surface area (Å²) in [5.41, 5.74) is 7.67. The van der Waals surface area contributed by atoms with E-state index in [0.717, 1.165) is 0 Å². The van der Waals surface area contributed by atoms with Crippen molar-refractivity contribution in [1.82, 2.24) is 0 Å². The van der Waals surface area contributed by atoms with Gasteiger partial charge in [0.15, 0.2) is 17.3 Å². The van der Waals surface area contributed by atoms with Gasteiger partial charge in [-0.05, 0) is 18.8 Å². The van der Waals surface area contributed by atoms with E-state index in [4.69, 9.17) is 41.0 Å². The van der Waals surface area contributed by atoms with Crippen LogP contribution in [0.2, 0.25) is 0 Å². The van der Waals surface area contributed by atoms with Gasteiger partial charge in [0.05, 0.1) is 20.1 Å². The summed E-state index contributed by atoms with van der Waals surface area (Å²) in [6.45, 7) is 5.83. The molecule has 2 N–H and O–H groups in total. The number of ketones is 1. The maximum Gasteiger partial charge on any atom is 0.231 e. The van der Waals surface area contributed by atoms with Crippen LogP contribution in [0.5, 0.6) is 23.0 Å². The van der Waals surface area contributed by atoms with Crippen molar-refractivity contribution in [3.63, 3.8) is 0 Å². The number of methoxy groups -OCH3 is 2. The third-order valence-corrected chi connectivity index (χ3v) is 6.28. The fourth-order valence-corrected chi connectivity index (χ4v) is 5.07. The third kappa shape index (κ3) is 3.74. The number of fused-ring (bicyclic) bond motifs is 1.